The predicted molar refractivity (Wildman–Crippen MR) is 162 cm³/mol. The highest BCUT2D eigenvalue weighted by Crippen LogP contribution is 2.54. The zero-order valence-electron chi connectivity index (χ0n) is 20.3. The van der Waals surface area contributed by atoms with E-state index in [1.165, 1.54) is 21.2 Å². The van der Waals surface area contributed by atoms with Gasteiger partial charge in [0.2, 0.25) is 17.7 Å². The smallest absolute Gasteiger partial charge is 0.308 e. The van der Waals surface area contributed by atoms with Crippen LogP contribution in [0.15, 0.2) is 87.1 Å². The standard InChI is InChI=1S/C28H18BrCl2N3O4S2/c29-15-3-11-19(12-4-15)34-25(36)22-21(14-1-5-16(30)6-2-14)24-27(39-23(22)26(34)37)33(28(38)40-24)13-20(35)32-18-9-7-17(31)8-10-18/h1-12,21-23H,13H2,(H,32,35). The largest absolute Gasteiger partial charge is 0.325 e. The van der Waals surface area contributed by atoms with Crippen LogP contribution in [-0.4, -0.2) is 27.5 Å². The third-order valence-corrected chi connectivity index (χ3v) is 10.4. The van der Waals surface area contributed by atoms with Gasteiger partial charge in [0.1, 0.15) is 11.8 Å². The van der Waals surface area contributed by atoms with Crippen LogP contribution >= 0.6 is 62.2 Å². The number of benzene rings is 3. The molecule has 0 radical (unpaired) electrons. The summed E-state index contributed by atoms with van der Waals surface area (Å²) in [6.45, 7) is -0.246. The molecule has 1 aromatic heterocycles. The van der Waals surface area contributed by atoms with E-state index in [1.807, 2.05) is 12.1 Å². The molecule has 3 aromatic carbocycles. The highest BCUT2D eigenvalue weighted by Gasteiger charge is 2.56. The zero-order chi connectivity index (χ0) is 28.1. The van der Waals surface area contributed by atoms with Gasteiger partial charge in [-0.05, 0) is 66.2 Å². The lowest BCUT2D eigenvalue weighted by atomic mass is 9.83. The molecule has 3 atom stereocenters. The highest BCUT2D eigenvalue weighted by atomic mass is 79.9. The summed E-state index contributed by atoms with van der Waals surface area (Å²) in [6, 6.07) is 20.7. The van der Waals surface area contributed by atoms with Crippen molar-refractivity contribution in [2.24, 2.45) is 5.92 Å². The first kappa shape index (κ1) is 27.3. The summed E-state index contributed by atoms with van der Waals surface area (Å²) >= 11 is 17.6. The molecule has 3 amide bonds. The van der Waals surface area contributed by atoms with Gasteiger partial charge in [-0.25, -0.2) is 4.90 Å². The number of imide groups is 1. The summed E-state index contributed by atoms with van der Waals surface area (Å²) in [6.07, 6.45) is 0. The van der Waals surface area contributed by atoms with Crippen LogP contribution in [0.1, 0.15) is 16.4 Å². The minimum Gasteiger partial charge on any atom is -0.325 e. The topological polar surface area (TPSA) is 88.5 Å². The van der Waals surface area contributed by atoms with Crippen molar-refractivity contribution in [3.05, 3.63) is 107 Å². The van der Waals surface area contributed by atoms with Crippen LogP contribution in [0, 0.1) is 5.92 Å². The fraction of sp³-hybridized carbons (Fsp3) is 0.143. The first-order chi connectivity index (χ1) is 19.2. The predicted octanol–water partition coefficient (Wildman–Crippen LogP) is 6.41. The molecule has 3 heterocycles. The molecule has 6 rings (SSSR count). The Balaban J connectivity index is 1.40. The second-order valence-electron chi connectivity index (χ2n) is 9.26. The van der Waals surface area contributed by atoms with E-state index in [-0.39, 0.29) is 23.2 Å². The summed E-state index contributed by atoms with van der Waals surface area (Å²) in [7, 11) is 0. The monoisotopic (exact) mass is 673 g/mol. The van der Waals surface area contributed by atoms with E-state index in [4.69, 9.17) is 23.2 Å². The van der Waals surface area contributed by atoms with E-state index in [2.05, 4.69) is 21.2 Å². The first-order valence-electron chi connectivity index (χ1n) is 12.1. The minimum absolute atomic E-state index is 0.246. The van der Waals surface area contributed by atoms with Gasteiger partial charge >= 0.3 is 4.87 Å². The van der Waals surface area contributed by atoms with E-state index in [1.54, 1.807) is 60.7 Å². The van der Waals surface area contributed by atoms with E-state index < -0.39 is 23.0 Å². The van der Waals surface area contributed by atoms with Crippen molar-refractivity contribution in [1.29, 1.82) is 0 Å². The fourth-order valence-corrected chi connectivity index (χ4v) is 8.30. The maximum Gasteiger partial charge on any atom is 0.308 e. The first-order valence-corrected chi connectivity index (χ1v) is 15.3. The van der Waals surface area contributed by atoms with Crippen LogP contribution in [0.3, 0.4) is 0 Å². The van der Waals surface area contributed by atoms with E-state index in [9.17, 15) is 19.2 Å². The van der Waals surface area contributed by atoms with Gasteiger partial charge in [-0.2, -0.15) is 0 Å². The number of nitrogens with one attached hydrogen (secondary N) is 1. The molecule has 1 saturated heterocycles. The molecule has 0 bridgehead atoms. The molecule has 0 aliphatic carbocycles. The maximum absolute atomic E-state index is 13.9. The Kier molecular flexibility index (Phi) is 7.39. The van der Waals surface area contributed by atoms with Gasteiger partial charge in [0.15, 0.2) is 0 Å². The highest BCUT2D eigenvalue weighted by molar-refractivity contribution is 9.10. The number of hydrogen-bond donors (Lipinski definition) is 1. The van der Waals surface area contributed by atoms with Crippen molar-refractivity contribution in [2.75, 3.05) is 10.2 Å². The molecule has 202 valence electrons. The lowest BCUT2D eigenvalue weighted by molar-refractivity contribution is -0.122. The lowest BCUT2D eigenvalue weighted by Crippen LogP contribution is -2.33. The third-order valence-electron chi connectivity index (χ3n) is 6.79. The molecule has 2 aliphatic rings. The number of amides is 3. The molecular weight excluding hydrogens is 657 g/mol. The second kappa shape index (κ2) is 10.8. The van der Waals surface area contributed by atoms with Crippen molar-refractivity contribution in [3.8, 4) is 0 Å². The Bertz CT molecular complexity index is 1710. The Morgan fingerprint density at radius 2 is 1.50 bits per heavy atom. The molecule has 4 aromatic rings. The second-order valence-corrected chi connectivity index (χ2v) is 13.2. The van der Waals surface area contributed by atoms with Gasteiger partial charge in [0.25, 0.3) is 0 Å². The summed E-state index contributed by atoms with van der Waals surface area (Å²) in [5, 5.41) is 3.58. The molecule has 0 saturated carbocycles. The number of aromatic nitrogens is 1. The number of nitrogens with zero attached hydrogens (tertiary/aromatic N) is 2. The lowest BCUT2D eigenvalue weighted by Gasteiger charge is -2.30. The molecule has 1 fully saturated rings. The van der Waals surface area contributed by atoms with E-state index in [0.717, 1.165) is 21.4 Å². The van der Waals surface area contributed by atoms with E-state index in [0.29, 0.717) is 31.3 Å². The van der Waals surface area contributed by atoms with E-state index >= 15 is 0 Å². The van der Waals surface area contributed by atoms with Crippen LogP contribution < -0.4 is 15.1 Å². The number of carbonyl (C=O) groups excluding carboxylic acids is 3. The van der Waals surface area contributed by atoms with Crippen LogP contribution in [-0.2, 0) is 20.9 Å². The number of halogens is 3. The number of anilines is 2. The van der Waals surface area contributed by atoms with Gasteiger partial charge in [-0.3, -0.25) is 23.7 Å². The van der Waals surface area contributed by atoms with Crippen LogP contribution in [0.25, 0.3) is 0 Å². The number of rotatable bonds is 5. The molecule has 40 heavy (non-hydrogen) atoms. The number of thiazole rings is 1. The summed E-state index contributed by atoms with van der Waals surface area (Å²) in [5.74, 6) is -2.38. The molecule has 2 aliphatic heterocycles. The van der Waals surface area contributed by atoms with Gasteiger partial charge in [0.05, 0.1) is 16.6 Å². The normalized spacial score (nSPS) is 19.9. The van der Waals surface area contributed by atoms with Crippen molar-refractivity contribution in [3.63, 3.8) is 0 Å². The number of thioether (sulfide) groups is 1. The van der Waals surface area contributed by atoms with Gasteiger partial charge in [-0.1, -0.05) is 74.4 Å². The average Bonchev–Trinajstić information content (AvgIpc) is 3.37. The van der Waals surface area contributed by atoms with Gasteiger partial charge in [-0.15, -0.1) is 0 Å². The average molecular weight is 675 g/mol. The molecule has 3 unspecified atom stereocenters. The van der Waals surface area contributed by atoms with Crippen LogP contribution in [0.5, 0.6) is 0 Å². The van der Waals surface area contributed by atoms with Crippen molar-refractivity contribution in [1.82, 2.24) is 4.57 Å². The molecule has 0 spiro atoms. The maximum atomic E-state index is 13.9. The summed E-state index contributed by atoms with van der Waals surface area (Å²) in [4.78, 5) is 55.4. The number of fused-ring (bicyclic) bond motifs is 2. The summed E-state index contributed by atoms with van der Waals surface area (Å²) < 4.78 is 2.21. The Morgan fingerprint density at radius 3 is 2.15 bits per heavy atom. The molecule has 12 heteroatoms. The number of carbonyl (C=O) groups is 3. The minimum atomic E-state index is -0.774. The molecule has 7 nitrogen and oxygen atoms in total. The van der Waals surface area contributed by atoms with Gasteiger partial charge < -0.3 is 5.32 Å². The van der Waals surface area contributed by atoms with Crippen molar-refractivity contribution < 1.29 is 14.4 Å². The quantitative estimate of drug-likeness (QED) is 0.247. The van der Waals surface area contributed by atoms with Crippen molar-refractivity contribution in [2.45, 2.75) is 22.7 Å². The SMILES string of the molecule is O=C(Cn1c2c(sc1=O)C(c1ccc(Cl)cc1)C1C(=O)N(c3ccc(Br)cc3)C(=O)C1S2)Nc1ccc(Cl)cc1. The van der Waals surface area contributed by atoms with Gasteiger partial charge in [0, 0.05) is 31.0 Å². The van der Waals surface area contributed by atoms with Crippen LogP contribution in [0.4, 0.5) is 11.4 Å². The Labute approximate surface area is 255 Å². The zero-order valence-corrected chi connectivity index (χ0v) is 25.1. The van der Waals surface area contributed by atoms with Crippen molar-refractivity contribution >= 4 is 91.3 Å². The Morgan fingerprint density at radius 1 is 0.875 bits per heavy atom. The third kappa shape index (κ3) is 4.92. The molecular formula is C28H18BrCl2N3O4S2. The number of hydrogen-bond acceptors (Lipinski definition) is 6. The van der Waals surface area contributed by atoms with Crippen LogP contribution in [0.2, 0.25) is 10.0 Å². The summed E-state index contributed by atoms with van der Waals surface area (Å²) in [5.41, 5.74) is 1.78. The molecule has 1 N–H and O–H groups in total. The Hall–Kier alpha value is -2.89. The fourth-order valence-electron chi connectivity index (χ4n) is 5.01.